The normalized spacial score (nSPS) is 28.9. The lowest BCUT2D eigenvalue weighted by molar-refractivity contribution is -0.0847. The number of hydrogen-bond acceptors (Lipinski definition) is 3. The van der Waals surface area contributed by atoms with Crippen LogP contribution in [0, 0.1) is 0 Å². The summed E-state index contributed by atoms with van der Waals surface area (Å²) in [5.41, 5.74) is 0.994. The zero-order chi connectivity index (χ0) is 14.3. The monoisotopic (exact) mass is 301 g/mol. The van der Waals surface area contributed by atoms with Gasteiger partial charge in [-0.25, -0.2) is 9.07 Å². The second-order valence-corrected chi connectivity index (χ2v) is 6.41. The van der Waals surface area contributed by atoms with Crippen molar-refractivity contribution in [3.05, 3.63) is 16.9 Å². The van der Waals surface area contributed by atoms with Crippen molar-refractivity contribution in [2.75, 3.05) is 26.3 Å². The van der Waals surface area contributed by atoms with Gasteiger partial charge in [0.15, 0.2) is 0 Å². The molecule has 1 aromatic heterocycles. The summed E-state index contributed by atoms with van der Waals surface area (Å²) in [5, 5.41) is 4.91. The number of halogens is 2. The molecule has 2 aliphatic heterocycles. The number of rotatable bonds is 3. The molecule has 0 N–H and O–H groups in total. The summed E-state index contributed by atoms with van der Waals surface area (Å²) in [5.74, 6) is 0.307. The highest BCUT2D eigenvalue weighted by Gasteiger charge is 2.37. The van der Waals surface area contributed by atoms with Crippen LogP contribution in [0.4, 0.5) is 4.39 Å². The van der Waals surface area contributed by atoms with Crippen molar-refractivity contribution in [3.63, 3.8) is 0 Å². The van der Waals surface area contributed by atoms with Crippen LogP contribution in [0.25, 0.3) is 0 Å². The zero-order valence-electron chi connectivity index (χ0n) is 11.9. The summed E-state index contributed by atoms with van der Waals surface area (Å²) < 4.78 is 21.4. The van der Waals surface area contributed by atoms with E-state index in [1.54, 1.807) is 10.9 Å². The number of likely N-dealkylation sites (tertiary alicyclic amines) is 1. The van der Waals surface area contributed by atoms with Gasteiger partial charge in [-0.3, -0.25) is 4.90 Å². The summed E-state index contributed by atoms with van der Waals surface area (Å²) in [7, 11) is 0. The highest BCUT2D eigenvalue weighted by Crippen LogP contribution is 2.33. The molecule has 3 rings (SSSR count). The van der Waals surface area contributed by atoms with Gasteiger partial charge in [0.2, 0.25) is 0 Å². The molecule has 20 heavy (non-hydrogen) atoms. The maximum absolute atomic E-state index is 14.5. The molecule has 6 heteroatoms. The molecule has 4 nitrogen and oxygen atoms in total. The van der Waals surface area contributed by atoms with Gasteiger partial charge < -0.3 is 4.74 Å². The van der Waals surface area contributed by atoms with E-state index in [-0.39, 0.29) is 6.04 Å². The molecule has 2 aliphatic rings. The first-order chi connectivity index (χ1) is 9.58. The Morgan fingerprint density at radius 1 is 1.45 bits per heavy atom. The van der Waals surface area contributed by atoms with Crippen molar-refractivity contribution in [2.24, 2.45) is 0 Å². The molecule has 0 saturated carbocycles. The van der Waals surface area contributed by atoms with Crippen molar-refractivity contribution >= 4 is 11.6 Å². The van der Waals surface area contributed by atoms with E-state index in [1.807, 2.05) is 0 Å². The molecule has 1 aromatic rings. The van der Waals surface area contributed by atoms with E-state index < -0.39 is 6.17 Å². The number of piperidine rings is 1. The van der Waals surface area contributed by atoms with Crippen LogP contribution >= 0.6 is 11.6 Å². The van der Waals surface area contributed by atoms with Gasteiger partial charge in [-0.1, -0.05) is 25.4 Å². The number of nitrogens with zero attached hydrogens (tertiary/aromatic N) is 3. The van der Waals surface area contributed by atoms with Gasteiger partial charge in [-0.05, 0) is 12.3 Å². The smallest absolute Gasteiger partial charge is 0.135 e. The van der Waals surface area contributed by atoms with E-state index in [0.717, 1.165) is 31.7 Å². The van der Waals surface area contributed by atoms with Gasteiger partial charge in [0, 0.05) is 18.7 Å². The quantitative estimate of drug-likeness (QED) is 0.860. The average molecular weight is 302 g/mol. The molecule has 0 aromatic carbocycles. The van der Waals surface area contributed by atoms with Gasteiger partial charge >= 0.3 is 0 Å². The third-order valence-electron chi connectivity index (χ3n) is 4.37. The third-order valence-corrected chi connectivity index (χ3v) is 4.76. The van der Waals surface area contributed by atoms with Gasteiger partial charge in [-0.2, -0.15) is 5.10 Å². The standard InChI is InChI=1S/C14H21ClFN3O/c1-9(2)11-5-17-19(14(11)15)13-3-4-18(6-12(13)16)10-7-20-8-10/h5,9-10,12-13H,3-4,6-8H2,1-2H3/t12-,13-/m0/s1. The fourth-order valence-corrected chi connectivity index (χ4v) is 3.37. The maximum Gasteiger partial charge on any atom is 0.135 e. The molecule has 2 fully saturated rings. The van der Waals surface area contributed by atoms with E-state index in [1.165, 1.54) is 0 Å². The summed E-state index contributed by atoms with van der Waals surface area (Å²) in [4.78, 5) is 2.19. The average Bonchev–Trinajstić information content (AvgIpc) is 2.69. The summed E-state index contributed by atoms with van der Waals surface area (Å²) in [6.45, 7) is 6.94. The Morgan fingerprint density at radius 3 is 2.70 bits per heavy atom. The predicted molar refractivity (Wildman–Crippen MR) is 76.1 cm³/mol. The van der Waals surface area contributed by atoms with E-state index in [2.05, 4.69) is 23.8 Å². The molecule has 0 aliphatic carbocycles. The molecular weight excluding hydrogens is 281 g/mol. The summed E-state index contributed by atoms with van der Waals surface area (Å²) >= 11 is 6.36. The SMILES string of the molecule is CC(C)c1cnn([C@H]2CCN(C3COC3)C[C@@H]2F)c1Cl. The van der Waals surface area contributed by atoms with Crippen molar-refractivity contribution in [1.82, 2.24) is 14.7 Å². The van der Waals surface area contributed by atoms with Crippen LogP contribution in [0.2, 0.25) is 5.15 Å². The Labute approximate surface area is 123 Å². The Morgan fingerprint density at radius 2 is 2.20 bits per heavy atom. The number of ether oxygens (including phenoxy) is 1. The topological polar surface area (TPSA) is 30.3 Å². The second kappa shape index (κ2) is 5.62. The van der Waals surface area contributed by atoms with Crippen LogP contribution in [-0.2, 0) is 4.74 Å². The molecular formula is C14H21ClFN3O. The molecule has 2 atom stereocenters. The van der Waals surface area contributed by atoms with E-state index in [0.29, 0.717) is 23.7 Å². The summed E-state index contributed by atoms with van der Waals surface area (Å²) in [6, 6.07) is 0.153. The molecule has 112 valence electrons. The van der Waals surface area contributed by atoms with Crippen molar-refractivity contribution in [3.8, 4) is 0 Å². The Kier molecular flexibility index (Phi) is 4.02. The van der Waals surface area contributed by atoms with Crippen LogP contribution in [-0.4, -0.2) is 53.2 Å². The highest BCUT2D eigenvalue weighted by molar-refractivity contribution is 6.30. The fourth-order valence-electron chi connectivity index (χ4n) is 2.94. The number of aromatic nitrogens is 2. The fraction of sp³-hybridized carbons (Fsp3) is 0.786. The minimum Gasteiger partial charge on any atom is -0.378 e. The third kappa shape index (κ3) is 2.47. The first-order valence-electron chi connectivity index (χ1n) is 7.26. The number of alkyl halides is 1. The van der Waals surface area contributed by atoms with E-state index in [9.17, 15) is 4.39 Å². The van der Waals surface area contributed by atoms with Crippen LogP contribution in [0.3, 0.4) is 0 Å². The molecule has 3 heterocycles. The predicted octanol–water partition coefficient (Wildman–Crippen LogP) is 2.64. The van der Waals surface area contributed by atoms with Crippen molar-refractivity contribution in [2.45, 2.75) is 44.4 Å². The molecule has 2 saturated heterocycles. The van der Waals surface area contributed by atoms with Crippen molar-refractivity contribution in [1.29, 1.82) is 0 Å². The second-order valence-electron chi connectivity index (χ2n) is 6.05. The van der Waals surface area contributed by atoms with Gasteiger partial charge in [0.25, 0.3) is 0 Å². The van der Waals surface area contributed by atoms with Gasteiger partial charge in [0.1, 0.15) is 11.3 Å². The Hall–Kier alpha value is -0.650. The lowest BCUT2D eigenvalue weighted by Gasteiger charge is -2.42. The zero-order valence-corrected chi connectivity index (χ0v) is 12.7. The molecule has 0 radical (unpaired) electrons. The first kappa shape index (κ1) is 14.3. The minimum atomic E-state index is -0.929. The van der Waals surface area contributed by atoms with Crippen LogP contribution in [0.5, 0.6) is 0 Å². The number of hydrogen-bond donors (Lipinski definition) is 0. The lowest BCUT2D eigenvalue weighted by atomic mass is 10.0. The lowest BCUT2D eigenvalue weighted by Crippen LogP contribution is -2.55. The first-order valence-corrected chi connectivity index (χ1v) is 7.64. The van der Waals surface area contributed by atoms with Crippen LogP contribution in [0.15, 0.2) is 6.20 Å². The Bertz CT molecular complexity index is 475. The van der Waals surface area contributed by atoms with E-state index in [4.69, 9.17) is 16.3 Å². The summed E-state index contributed by atoms with van der Waals surface area (Å²) in [6.07, 6.45) is 1.59. The molecule has 0 amide bonds. The Balaban J connectivity index is 1.72. The van der Waals surface area contributed by atoms with E-state index >= 15 is 0 Å². The van der Waals surface area contributed by atoms with Crippen molar-refractivity contribution < 1.29 is 9.13 Å². The molecule has 0 spiro atoms. The van der Waals surface area contributed by atoms with Crippen LogP contribution in [0.1, 0.15) is 37.8 Å². The molecule has 0 unspecified atom stereocenters. The molecule has 0 bridgehead atoms. The largest absolute Gasteiger partial charge is 0.378 e. The highest BCUT2D eigenvalue weighted by atomic mass is 35.5. The van der Waals surface area contributed by atoms with Gasteiger partial charge in [-0.15, -0.1) is 0 Å². The van der Waals surface area contributed by atoms with Gasteiger partial charge in [0.05, 0.1) is 31.5 Å². The van der Waals surface area contributed by atoms with Crippen LogP contribution < -0.4 is 0 Å². The minimum absolute atomic E-state index is 0.243. The maximum atomic E-state index is 14.5.